The van der Waals surface area contributed by atoms with Gasteiger partial charge < -0.3 is 14.3 Å². The van der Waals surface area contributed by atoms with Gasteiger partial charge in [-0.1, -0.05) is 18.5 Å². The van der Waals surface area contributed by atoms with Crippen LogP contribution in [0, 0.1) is 0 Å². The summed E-state index contributed by atoms with van der Waals surface area (Å²) < 4.78 is 5.48. The van der Waals surface area contributed by atoms with Crippen LogP contribution in [0.5, 0.6) is 0 Å². The van der Waals surface area contributed by atoms with E-state index in [-0.39, 0.29) is 5.91 Å². The van der Waals surface area contributed by atoms with Gasteiger partial charge in [0.15, 0.2) is 0 Å². The van der Waals surface area contributed by atoms with Crippen molar-refractivity contribution >= 4 is 17.0 Å². The van der Waals surface area contributed by atoms with Gasteiger partial charge in [0, 0.05) is 37.8 Å². The van der Waals surface area contributed by atoms with Crippen LogP contribution < -0.4 is 0 Å². The molecular weight excluding hydrogens is 304 g/mol. The van der Waals surface area contributed by atoms with Crippen molar-refractivity contribution in [2.45, 2.75) is 38.5 Å². The summed E-state index contributed by atoms with van der Waals surface area (Å²) in [6.07, 6.45) is 4.07. The normalized spacial score (nSPS) is 19.2. The first-order valence-electron chi connectivity index (χ1n) is 8.94. The van der Waals surface area contributed by atoms with E-state index in [0.29, 0.717) is 11.6 Å². The Morgan fingerprint density at radius 2 is 2.04 bits per heavy atom. The minimum atomic E-state index is 0.0953. The highest BCUT2D eigenvalue weighted by Gasteiger charge is 2.30. The lowest BCUT2D eigenvalue weighted by atomic mass is 10.0. The maximum Gasteiger partial charge on any atom is 0.259 e. The zero-order chi connectivity index (χ0) is 16.7. The summed E-state index contributed by atoms with van der Waals surface area (Å²) in [7, 11) is 2.09. The Kier molecular flexibility index (Phi) is 4.00. The molecular formula is C18H24N4O2. The standard InChI is InChI=1S/C18H24N4O2/c1-3-4-14-16-13(18(23)22-9-7-21(2)8-10-22)11-15(12-5-6-12)19-17(16)24-20-14/h11-12H,3-10H2,1-2H3. The van der Waals surface area contributed by atoms with Gasteiger partial charge in [0.05, 0.1) is 16.6 Å². The number of rotatable bonds is 4. The van der Waals surface area contributed by atoms with Crippen LogP contribution in [0.3, 0.4) is 0 Å². The van der Waals surface area contributed by atoms with E-state index in [9.17, 15) is 4.79 Å². The van der Waals surface area contributed by atoms with Gasteiger partial charge in [-0.3, -0.25) is 4.79 Å². The summed E-state index contributed by atoms with van der Waals surface area (Å²) in [6.45, 7) is 5.48. The minimum absolute atomic E-state index is 0.0953. The smallest absolute Gasteiger partial charge is 0.259 e. The Morgan fingerprint density at radius 3 is 2.71 bits per heavy atom. The highest BCUT2D eigenvalue weighted by Crippen LogP contribution is 2.40. The average Bonchev–Trinajstić information content (AvgIpc) is 3.37. The summed E-state index contributed by atoms with van der Waals surface area (Å²) in [5, 5.41) is 5.01. The second kappa shape index (κ2) is 6.16. The van der Waals surface area contributed by atoms with Crippen LogP contribution >= 0.6 is 0 Å². The molecule has 0 bridgehead atoms. The first-order chi connectivity index (χ1) is 11.7. The zero-order valence-electron chi connectivity index (χ0n) is 14.4. The van der Waals surface area contributed by atoms with Crippen molar-refractivity contribution in [2.75, 3.05) is 33.2 Å². The van der Waals surface area contributed by atoms with Crippen molar-refractivity contribution in [3.8, 4) is 0 Å². The van der Waals surface area contributed by atoms with Crippen LogP contribution in [0.4, 0.5) is 0 Å². The number of pyridine rings is 1. The Labute approximate surface area is 141 Å². The molecule has 128 valence electrons. The monoisotopic (exact) mass is 328 g/mol. The van der Waals surface area contributed by atoms with Gasteiger partial charge >= 0.3 is 0 Å². The molecule has 1 aliphatic carbocycles. The van der Waals surface area contributed by atoms with Gasteiger partial charge in [-0.15, -0.1) is 0 Å². The van der Waals surface area contributed by atoms with Crippen LogP contribution in [0.2, 0.25) is 0 Å². The van der Waals surface area contributed by atoms with Crippen molar-refractivity contribution in [3.05, 3.63) is 23.0 Å². The highest BCUT2D eigenvalue weighted by atomic mass is 16.5. The average molecular weight is 328 g/mol. The summed E-state index contributed by atoms with van der Waals surface area (Å²) in [6, 6.07) is 2.00. The van der Waals surface area contributed by atoms with E-state index in [1.54, 1.807) is 0 Å². The number of carbonyl (C=O) groups is 1. The van der Waals surface area contributed by atoms with Crippen molar-refractivity contribution < 1.29 is 9.32 Å². The Bertz CT molecular complexity index is 758. The quantitative estimate of drug-likeness (QED) is 0.862. The zero-order valence-corrected chi connectivity index (χ0v) is 14.4. The number of hydrogen-bond acceptors (Lipinski definition) is 5. The molecule has 2 fully saturated rings. The van der Waals surface area contributed by atoms with Gasteiger partial charge in [-0.05, 0) is 32.4 Å². The fraction of sp³-hybridized carbons (Fsp3) is 0.611. The Balaban J connectivity index is 1.76. The summed E-state index contributed by atoms with van der Waals surface area (Å²) in [4.78, 5) is 22.0. The molecule has 6 nitrogen and oxygen atoms in total. The van der Waals surface area contributed by atoms with Crippen LogP contribution in [-0.4, -0.2) is 59.1 Å². The second-order valence-electron chi connectivity index (χ2n) is 7.02. The third-order valence-corrected chi connectivity index (χ3v) is 5.04. The number of carbonyl (C=O) groups excluding carboxylic acids is 1. The molecule has 3 heterocycles. The molecule has 0 unspecified atom stereocenters. The van der Waals surface area contributed by atoms with Gasteiger partial charge in [-0.25, -0.2) is 4.98 Å². The van der Waals surface area contributed by atoms with Crippen LogP contribution in [0.25, 0.3) is 11.1 Å². The fourth-order valence-corrected chi connectivity index (χ4v) is 3.37. The van der Waals surface area contributed by atoms with Crippen molar-refractivity contribution in [3.63, 3.8) is 0 Å². The topological polar surface area (TPSA) is 62.5 Å². The molecule has 2 aromatic heterocycles. The number of aryl methyl sites for hydroxylation is 1. The molecule has 1 saturated carbocycles. The van der Waals surface area contributed by atoms with Crippen LogP contribution in [0.1, 0.15) is 53.8 Å². The molecule has 6 heteroatoms. The number of amides is 1. The first-order valence-corrected chi connectivity index (χ1v) is 8.94. The maximum atomic E-state index is 13.2. The number of aromatic nitrogens is 2. The number of piperazine rings is 1. The Morgan fingerprint density at radius 1 is 1.29 bits per heavy atom. The summed E-state index contributed by atoms with van der Waals surface area (Å²) >= 11 is 0. The predicted molar refractivity (Wildman–Crippen MR) is 91.2 cm³/mol. The van der Waals surface area contributed by atoms with Crippen molar-refractivity contribution in [2.24, 2.45) is 0 Å². The third-order valence-electron chi connectivity index (χ3n) is 5.04. The van der Waals surface area contributed by atoms with E-state index in [1.165, 1.54) is 0 Å². The van der Waals surface area contributed by atoms with E-state index >= 15 is 0 Å². The summed E-state index contributed by atoms with van der Waals surface area (Å²) in [5.41, 5.74) is 3.11. The molecule has 0 atom stereocenters. The second-order valence-corrected chi connectivity index (χ2v) is 7.02. The molecule has 0 radical (unpaired) electrons. The van der Waals surface area contributed by atoms with Gasteiger partial charge in [0.2, 0.25) is 0 Å². The van der Waals surface area contributed by atoms with E-state index in [2.05, 4.69) is 29.0 Å². The molecule has 2 aromatic rings. The largest absolute Gasteiger partial charge is 0.336 e. The predicted octanol–water partition coefficient (Wildman–Crippen LogP) is 2.44. The van der Waals surface area contributed by atoms with Gasteiger partial charge in [0.1, 0.15) is 0 Å². The third kappa shape index (κ3) is 2.79. The lowest BCUT2D eigenvalue weighted by Crippen LogP contribution is -2.47. The molecule has 1 saturated heterocycles. The number of nitrogens with zero attached hydrogens (tertiary/aromatic N) is 4. The molecule has 0 spiro atoms. The highest BCUT2D eigenvalue weighted by molar-refractivity contribution is 6.06. The van der Waals surface area contributed by atoms with Gasteiger partial charge in [0.25, 0.3) is 11.6 Å². The van der Waals surface area contributed by atoms with Crippen molar-refractivity contribution in [1.82, 2.24) is 19.9 Å². The molecule has 1 aliphatic heterocycles. The SMILES string of the molecule is CCCc1noc2nc(C3CC3)cc(C(=O)N3CCN(C)CC3)c12. The van der Waals surface area contributed by atoms with Gasteiger partial charge in [-0.2, -0.15) is 0 Å². The summed E-state index contributed by atoms with van der Waals surface area (Å²) in [5.74, 6) is 0.575. The number of likely N-dealkylation sites (N-methyl/N-ethyl adjacent to an activating group) is 1. The lowest BCUT2D eigenvalue weighted by molar-refractivity contribution is 0.0666. The van der Waals surface area contributed by atoms with Crippen molar-refractivity contribution in [1.29, 1.82) is 0 Å². The van der Waals surface area contributed by atoms with E-state index in [0.717, 1.165) is 74.2 Å². The first kappa shape index (κ1) is 15.6. The van der Waals surface area contributed by atoms with Crippen LogP contribution in [-0.2, 0) is 6.42 Å². The van der Waals surface area contributed by atoms with Crippen LogP contribution in [0.15, 0.2) is 10.6 Å². The number of hydrogen-bond donors (Lipinski definition) is 0. The molecule has 0 aromatic carbocycles. The molecule has 4 rings (SSSR count). The fourth-order valence-electron chi connectivity index (χ4n) is 3.37. The molecule has 1 amide bonds. The van der Waals surface area contributed by atoms with E-state index in [1.807, 2.05) is 11.0 Å². The molecule has 24 heavy (non-hydrogen) atoms. The minimum Gasteiger partial charge on any atom is -0.336 e. The van der Waals surface area contributed by atoms with E-state index < -0.39 is 0 Å². The molecule has 0 N–H and O–H groups in total. The molecule has 2 aliphatic rings. The van der Waals surface area contributed by atoms with E-state index in [4.69, 9.17) is 4.52 Å². The lowest BCUT2D eigenvalue weighted by Gasteiger charge is -2.32. The Hall–Kier alpha value is -1.95. The maximum absolute atomic E-state index is 13.2. The number of fused-ring (bicyclic) bond motifs is 1.